The van der Waals surface area contributed by atoms with Crippen LogP contribution in [0, 0.1) is 6.92 Å². The third-order valence-electron chi connectivity index (χ3n) is 2.14. The van der Waals surface area contributed by atoms with Crippen molar-refractivity contribution in [2.45, 2.75) is 18.2 Å². The van der Waals surface area contributed by atoms with E-state index >= 15 is 0 Å². The molecule has 0 radical (unpaired) electrons. The monoisotopic (exact) mass is 240 g/mol. The molecular weight excluding hydrogens is 224 g/mol. The third kappa shape index (κ3) is 3.08. The molecule has 0 spiro atoms. The van der Waals surface area contributed by atoms with Crippen LogP contribution in [0.3, 0.4) is 0 Å². The third-order valence-corrected chi connectivity index (χ3v) is 3.75. The first-order chi connectivity index (χ1) is 7.47. The molecule has 0 saturated carbocycles. The van der Waals surface area contributed by atoms with E-state index in [1.165, 1.54) is 6.07 Å². The van der Waals surface area contributed by atoms with Crippen LogP contribution in [0.15, 0.2) is 35.7 Å². The molecule has 0 fully saturated rings. The number of hydrogen-bond acceptors (Lipinski definition) is 3. The molecule has 0 unspecified atom stereocenters. The lowest BCUT2D eigenvalue weighted by molar-refractivity contribution is 0.581. The summed E-state index contributed by atoms with van der Waals surface area (Å²) in [6.07, 6.45) is 2.26. The van der Waals surface area contributed by atoms with Gasteiger partial charge >= 0.3 is 0 Å². The van der Waals surface area contributed by atoms with Gasteiger partial charge in [-0.2, -0.15) is 0 Å². The van der Waals surface area contributed by atoms with Gasteiger partial charge in [-0.3, -0.25) is 0 Å². The smallest absolute Gasteiger partial charge is 0.240 e. The maximum absolute atomic E-state index is 11.9. The molecule has 1 rings (SSSR count). The molecule has 1 aromatic rings. The minimum atomic E-state index is -3.46. The van der Waals surface area contributed by atoms with Gasteiger partial charge in [0.05, 0.1) is 4.90 Å². The second-order valence-electron chi connectivity index (χ2n) is 3.50. The van der Waals surface area contributed by atoms with Crippen molar-refractivity contribution in [2.75, 3.05) is 12.3 Å². The fraction of sp³-hybridized carbons (Fsp3) is 0.273. The summed E-state index contributed by atoms with van der Waals surface area (Å²) in [5, 5.41) is 0. The topological polar surface area (TPSA) is 72.2 Å². The molecule has 0 saturated heterocycles. The maximum atomic E-state index is 11.9. The molecule has 5 heteroatoms. The number of nitrogens with two attached hydrogens (primary N) is 1. The molecule has 0 bridgehead atoms. The summed E-state index contributed by atoms with van der Waals surface area (Å²) in [6, 6.07) is 4.83. The normalized spacial score (nSPS) is 11.3. The van der Waals surface area contributed by atoms with Crippen molar-refractivity contribution in [3.63, 3.8) is 0 Å². The lowest BCUT2D eigenvalue weighted by Crippen LogP contribution is -2.25. The maximum Gasteiger partial charge on any atom is 0.240 e. The van der Waals surface area contributed by atoms with Crippen molar-refractivity contribution >= 4 is 15.7 Å². The van der Waals surface area contributed by atoms with Crippen LogP contribution in [0.1, 0.15) is 12.0 Å². The van der Waals surface area contributed by atoms with Gasteiger partial charge in [-0.25, -0.2) is 13.1 Å². The summed E-state index contributed by atoms with van der Waals surface area (Å²) in [5.41, 5.74) is 6.69. The SMILES string of the molecule is C=CCCNS(=O)(=O)c1cc(N)ccc1C. The average molecular weight is 240 g/mol. The zero-order valence-corrected chi connectivity index (χ0v) is 10.0. The quantitative estimate of drug-likeness (QED) is 0.464. The van der Waals surface area contributed by atoms with E-state index in [1.54, 1.807) is 25.1 Å². The van der Waals surface area contributed by atoms with Crippen LogP contribution in [-0.4, -0.2) is 15.0 Å². The zero-order valence-electron chi connectivity index (χ0n) is 9.23. The molecule has 0 aromatic heterocycles. The van der Waals surface area contributed by atoms with Gasteiger partial charge in [0, 0.05) is 12.2 Å². The van der Waals surface area contributed by atoms with E-state index in [-0.39, 0.29) is 4.90 Å². The van der Waals surface area contributed by atoms with Crippen LogP contribution in [0.25, 0.3) is 0 Å². The summed E-state index contributed by atoms with van der Waals surface area (Å²) in [7, 11) is -3.46. The Bertz CT molecular complexity index is 481. The van der Waals surface area contributed by atoms with E-state index in [0.29, 0.717) is 24.2 Å². The highest BCUT2D eigenvalue weighted by Gasteiger charge is 2.15. The summed E-state index contributed by atoms with van der Waals surface area (Å²) >= 11 is 0. The van der Waals surface area contributed by atoms with Gasteiger partial charge in [-0.1, -0.05) is 12.1 Å². The molecule has 16 heavy (non-hydrogen) atoms. The van der Waals surface area contributed by atoms with E-state index in [4.69, 9.17) is 5.73 Å². The molecule has 3 N–H and O–H groups in total. The fourth-order valence-electron chi connectivity index (χ4n) is 1.28. The highest BCUT2D eigenvalue weighted by atomic mass is 32.2. The van der Waals surface area contributed by atoms with Crippen LogP contribution in [0.5, 0.6) is 0 Å². The number of anilines is 1. The van der Waals surface area contributed by atoms with Crippen molar-refractivity contribution in [3.05, 3.63) is 36.4 Å². The van der Waals surface area contributed by atoms with Crippen LogP contribution < -0.4 is 10.5 Å². The van der Waals surface area contributed by atoms with Crippen LogP contribution in [-0.2, 0) is 10.0 Å². The number of benzene rings is 1. The Hall–Kier alpha value is -1.33. The first-order valence-corrected chi connectivity index (χ1v) is 6.42. The molecule has 1 aromatic carbocycles. The Labute approximate surface area is 96.2 Å². The van der Waals surface area contributed by atoms with Crippen molar-refractivity contribution in [2.24, 2.45) is 0 Å². The number of nitrogens with one attached hydrogen (secondary N) is 1. The molecule has 4 nitrogen and oxygen atoms in total. The summed E-state index contributed by atoms with van der Waals surface area (Å²) in [4.78, 5) is 0.233. The number of rotatable bonds is 5. The average Bonchev–Trinajstić information content (AvgIpc) is 2.22. The van der Waals surface area contributed by atoms with Crippen molar-refractivity contribution in [1.29, 1.82) is 0 Å². The first kappa shape index (κ1) is 12.7. The minimum absolute atomic E-state index is 0.233. The Kier molecular flexibility index (Phi) is 4.09. The molecule has 0 aliphatic heterocycles. The van der Waals surface area contributed by atoms with Crippen LogP contribution in [0.2, 0.25) is 0 Å². The van der Waals surface area contributed by atoms with Gasteiger partial charge in [0.1, 0.15) is 0 Å². The Balaban J connectivity index is 2.97. The van der Waals surface area contributed by atoms with Gasteiger partial charge in [0.2, 0.25) is 10.0 Å². The second-order valence-corrected chi connectivity index (χ2v) is 5.24. The Morgan fingerprint density at radius 2 is 2.19 bits per heavy atom. The van der Waals surface area contributed by atoms with E-state index in [1.807, 2.05) is 0 Å². The first-order valence-electron chi connectivity index (χ1n) is 4.94. The fourth-order valence-corrected chi connectivity index (χ4v) is 2.60. The van der Waals surface area contributed by atoms with E-state index < -0.39 is 10.0 Å². The predicted octanol–water partition coefficient (Wildman–Crippen LogP) is 1.43. The lowest BCUT2D eigenvalue weighted by Gasteiger charge is -2.09. The van der Waals surface area contributed by atoms with Crippen LogP contribution >= 0.6 is 0 Å². The summed E-state index contributed by atoms with van der Waals surface area (Å²) < 4.78 is 26.2. The Morgan fingerprint density at radius 3 is 2.81 bits per heavy atom. The molecule has 0 atom stereocenters. The van der Waals surface area contributed by atoms with Gasteiger partial charge < -0.3 is 5.73 Å². The van der Waals surface area contributed by atoms with Crippen molar-refractivity contribution in [3.8, 4) is 0 Å². The lowest BCUT2D eigenvalue weighted by atomic mass is 10.2. The number of hydrogen-bond donors (Lipinski definition) is 2. The van der Waals surface area contributed by atoms with Gasteiger partial charge in [-0.05, 0) is 31.0 Å². The highest BCUT2D eigenvalue weighted by Crippen LogP contribution is 2.17. The molecule has 0 aliphatic carbocycles. The highest BCUT2D eigenvalue weighted by molar-refractivity contribution is 7.89. The van der Waals surface area contributed by atoms with Gasteiger partial charge in [0.25, 0.3) is 0 Å². The van der Waals surface area contributed by atoms with Gasteiger partial charge in [0.15, 0.2) is 0 Å². The van der Waals surface area contributed by atoms with E-state index in [9.17, 15) is 8.42 Å². The van der Waals surface area contributed by atoms with Crippen LogP contribution in [0.4, 0.5) is 5.69 Å². The zero-order chi connectivity index (χ0) is 12.2. The molecular formula is C11H16N2O2S. The largest absolute Gasteiger partial charge is 0.399 e. The summed E-state index contributed by atoms with van der Waals surface area (Å²) in [5.74, 6) is 0. The number of aryl methyl sites for hydroxylation is 1. The van der Waals surface area contributed by atoms with Gasteiger partial charge in [-0.15, -0.1) is 6.58 Å². The standard InChI is InChI=1S/C11H16N2O2S/c1-3-4-7-13-16(14,15)11-8-10(12)6-5-9(11)2/h3,5-6,8,13H,1,4,7,12H2,2H3. The van der Waals surface area contributed by atoms with E-state index in [2.05, 4.69) is 11.3 Å². The molecule has 0 amide bonds. The van der Waals surface area contributed by atoms with E-state index in [0.717, 1.165) is 0 Å². The molecule has 0 heterocycles. The number of nitrogen functional groups attached to an aromatic ring is 1. The Morgan fingerprint density at radius 1 is 1.50 bits per heavy atom. The minimum Gasteiger partial charge on any atom is -0.399 e. The molecule has 0 aliphatic rings. The predicted molar refractivity (Wildman–Crippen MR) is 65.6 cm³/mol. The number of sulfonamides is 1. The van der Waals surface area contributed by atoms with Crippen molar-refractivity contribution in [1.82, 2.24) is 4.72 Å². The molecule has 88 valence electrons. The second kappa shape index (κ2) is 5.14. The summed E-state index contributed by atoms with van der Waals surface area (Å²) in [6.45, 7) is 5.61. The van der Waals surface area contributed by atoms with Crippen molar-refractivity contribution < 1.29 is 8.42 Å².